The van der Waals surface area contributed by atoms with Gasteiger partial charge in [-0.25, -0.2) is 8.78 Å². The van der Waals surface area contributed by atoms with Crippen LogP contribution in [0.5, 0.6) is 0 Å². The molecule has 0 unspecified atom stereocenters. The lowest BCUT2D eigenvalue weighted by Gasteiger charge is -2.16. The number of nitrogens with one attached hydrogen (secondary N) is 2. The van der Waals surface area contributed by atoms with Crippen molar-refractivity contribution < 1.29 is 8.78 Å². The third kappa shape index (κ3) is 2.05. The Morgan fingerprint density at radius 1 is 0.789 bits per heavy atom. The number of hydrogen-bond acceptors (Lipinski definition) is 0. The van der Waals surface area contributed by atoms with Crippen LogP contribution in [0, 0.1) is 11.6 Å². The highest BCUT2D eigenvalue weighted by Crippen LogP contribution is 2.32. The van der Waals surface area contributed by atoms with Crippen molar-refractivity contribution >= 4 is 0 Å². The fourth-order valence-electron chi connectivity index (χ4n) is 2.29. The molecule has 0 fully saturated rings. The lowest BCUT2D eigenvalue weighted by molar-refractivity contribution is 0.496. The molecule has 2 aromatic heterocycles. The molecule has 3 aromatic rings. The van der Waals surface area contributed by atoms with Crippen molar-refractivity contribution in [3.8, 4) is 0 Å². The van der Waals surface area contributed by atoms with E-state index >= 15 is 0 Å². The van der Waals surface area contributed by atoms with Crippen LogP contribution in [0.2, 0.25) is 0 Å². The molecule has 0 radical (unpaired) electrons. The Hall–Kier alpha value is -2.36. The maximum absolute atomic E-state index is 14.0. The Bertz CT molecular complexity index is 623. The van der Waals surface area contributed by atoms with E-state index in [-0.39, 0.29) is 5.92 Å². The summed E-state index contributed by atoms with van der Waals surface area (Å²) in [6, 6.07) is 11.6. The molecule has 0 saturated heterocycles. The second-order valence-electron chi connectivity index (χ2n) is 4.33. The van der Waals surface area contributed by atoms with E-state index in [1.807, 2.05) is 24.3 Å². The van der Waals surface area contributed by atoms with Gasteiger partial charge in [0.05, 0.1) is 5.92 Å². The fraction of sp³-hybridized carbons (Fsp3) is 0.0667. The number of aromatic amines is 2. The van der Waals surface area contributed by atoms with Gasteiger partial charge in [0.1, 0.15) is 0 Å². The smallest absolute Gasteiger partial charge is 0.163 e. The maximum Gasteiger partial charge on any atom is 0.163 e. The van der Waals surface area contributed by atoms with Crippen LogP contribution in [-0.4, -0.2) is 9.97 Å². The highest BCUT2D eigenvalue weighted by molar-refractivity contribution is 5.38. The van der Waals surface area contributed by atoms with Crippen LogP contribution in [0.15, 0.2) is 54.9 Å². The molecule has 2 heterocycles. The van der Waals surface area contributed by atoms with E-state index in [0.717, 1.165) is 17.5 Å². The van der Waals surface area contributed by atoms with Gasteiger partial charge in [0.25, 0.3) is 0 Å². The molecule has 0 aliphatic heterocycles. The minimum atomic E-state index is -0.833. The molecule has 0 atom stereocenters. The van der Waals surface area contributed by atoms with E-state index in [9.17, 15) is 8.78 Å². The van der Waals surface area contributed by atoms with Crippen molar-refractivity contribution in [3.05, 3.63) is 83.4 Å². The topological polar surface area (TPSA) is 31.6 Å². The van der Waals surface area contributed by atoms with Crippen LogP contribution in [0.1, 0.15) is 22.9 Å². The highest BCUT2D eigenvalue weighted by Gasteiger charge is 2.23. The predicted octanol–water partition coefficient (Wildman–Crippen LogP) is 3.80. The van der Waals surface area contributed by atoms with E-state index < -0.39 is 11.6 Å². The van der Waals surface area contributed by atoms with Gasteiger partial charge in [-0.1, -0.05) is 12.1 Å². The van der Waals surface area contributed by atoms with Crippen molar-refractivity contribution in [2.75, 3.05) is 0 Å². The first-order valence-corrected chi connectivity index (χ1v) is 5.98. The Morgan fingerprint density at radius 3 is 1.95 bits per heavy atom. The average molecular weight is 258 g/mol. The van der Waals surface area contributed by atoms with Crippen molar-refractivity contribution in [1.29, 1.82) is 0 Å². The fourth-order valence-corrected chi connectivity index (χ4v) is 2.29. The summed E-state index contributed by atoms with van der Waals surface area (Å²) in [4.78, 5) is 6.12. The number of benzene rings is 1. The molecule has 3 rings (SSSR count). The number of H-pyrrole nitrogens is 2. The largest absolute Gasteiger partial charge is 0.364 e. The Morgan fingerprint density at radius 2 is 1.42 bits per heavy atom. The summed E-state index contributed by atoms with van der Waals surface area (Å²) in [5, 5.41) is 0. The monoisotopic (exact) mass is 258 g/mol. The second kappa shape index (κ2) is 4.72. The number of hydrogen-bond donors (Lipinski definition) is 2. The number of rotatable bonds is 3. The van der Waals surface area contributed by atoms with E-state index in [0.29, 0.717) is 5.56 Å². The lowest BCUT2D eigenvalue weighted by atomic mass is 9.92. The first-order chi connectivity index (χ1) is 9.27. The zero-order chi connectivity index (χ0) is 13.2. The summed E-state index contributed by atoms with van der Waals surface area (Å²) in [6.45, 7) is 0. The molecule has 0 bridgehead atoms. The molecular formula is C15H12F2N2. The van der Waals surface area contributed by atoms with E-state index in [4.69, 9.17) is 0 Å². The minimum absolute atomic E-state index is 0.310. The van der Waals surface area contributed by atoms with Gasteiger partial charge in [0, 0.05) is 29.3 Å². The molecule has 0 saturated carbocycles. The summed E-state index contributed by atoms with van der Waals surface area (Å²) in [6.07, 6.45) is 3.53. The molecule has 2 nitrogen and oxygen atoms in total. The summed E-state index contributed by atoms with van der Waals surface area (Å²) in [5.41, 5.74) is 1.93. The second-order valence-corrected chi connectivity index (χ2v) is 4.33. The summed E-state index contributed by atoms with van der Waals surface area (Å²) in [5.74, 6) is -2.02. The van der Waals surface area contributed by atoms with Gasteiger partial charge in [-0.15, -0.1) is 0 Å². The molecule has 0 amide bonds. The van der Waals surface area contributed by atoms with Gasteiger partial charge in [0.2, 0.25) is 0 Å². The standard InChI is InChI=1S/C15H12F2N2/c16-11-5-1-4-10(15(11)17)14(12-6-2-8-18-12)13-7-3-9-19-13/h1-9,14,18-19H. The molecule has 0 spiro atoms. The van der Waals surface area contributed by atoms with Crippen LogP contribution < -0.4 is 0 Å². The first-order valence-electron chi connectivity index (χ1n) is 5.98. The van der Waals surface area contributed by atoms with Crippen LogP contribution >= 0.6 is 0 Å². The maximum atomic E-state index is 14.0. The van der Waals surface area contributed by atoms with Crippen molar-refractivity contribution in [2.24, 2.45) is 0 Å². The van der Waals surface area contributed by atoms with Gasteiger partial charge in [0.15, 0.2) is 11.6 Å². The molecule has 19 heavy (non-hydrogen) atoms. The molecule has 0 aliphatic carbocycles. The lowest BCUT2D eigenvalue weighted by Crippen LogP contribution is -2.07. The summed E-state index contributed by atoms with van der Waals surface area (Å²) in [7, 11) is 0. The van der Waals surface area contributed by atoms with Gasteiger partial charge in [-0.3, -0.25) is 0 Å². The van der Waals surface area contributed by atoms with Crippen LogP contribution in [-0.2, 0) is 0 Å². The number of aromatic nitrogens is 2. The van der Waals surface area contributed by atoms with Crippen LogP contribution in [0.4, 0.5) is 8.78 Å². The number of halogens is 2. The summed E-state index contributed by atoms with van der Waals surface area (Å²) < 4.78 is 27.5. The van der Waals surface area contributed by atoms with E-state index in [1.54, 1.807) is 18.5 Å². The average Bonchev–Trinajstić information content (AvgIpc) is 3.08. The van der Waals surface area contributed by atoms with Gasteiger partial charge in [-0.05, 0) is 30.3 Å². The quantitative estimate of drug-likeness (QED) is 0.716. The molecular weight excluding hydrogens is 246 g/mol. The third-order valence-corrected chi connectivity index (χ3v) is 3.16. The van der Waals surface area contributed by atoms with Gasteiger partial charge in [-0.2, -0.15) is 0 Å². The van der Waals surface area contributed by atoms with E-state index in [2.05, 4.69) is 9.97 Å². The molecule has 0 aliphatic rings. The van der Waals surface area contributed by atoms with Crippen molar-refractivity contribution in [2.45, 2.75) is 5.92 Å². The van der Waals surface area contributed by atoms with Gasteiger partial charge < -0.3 is 9.97 Å². The molecule has 2 N–H and O–H groups in total. The minimum Gasteiger partial charge on any atom is -0.364 e. The Kier molecular flexibility index (Phi) is 2.91. The first kappa shape index (κ1) is 11.7. The van der Waals surface area contributed by atoms with Crippen molar-refractivity contribution in [3.63, 3.8) is 0 Å². The van der Waals surface area contributed by atoms with Crippen LogP contribution in [0.3, 0.4) is 0 Å². The third-order valence-electron chi connectivity index (χ3n) is 3.16. The highest BCUT2D eigenvalue weighted by atomic mass is 19.2. The van der Waals surface area contributed by atoms with Crippen LogP contribution in [0.25, 0.3) is 0 Å². The summed E-state index contributed by atoms with van der Waals surface area (Å²) >= 11 is 0. The predicted molar refractivity (Wildman–Crippen MR) is 68.9 cm³/mol. The van der Waals surface area contributed by atoms with Gasteiger partial charge >= 0.3 is 0 Å². The Balaban J connectivity index is 2.18. The molecule has 4 heteroatoms. The normalized spacial score (nSPS) is 11.1. The molecule has 1 aromatic carbocycles. The Labute approximate surface area is 109 Å². The zero-order valence-electron chi connectivity index (χ0n) is 10.0. The molecule has 96 valence electrons. The SMILES string of the molecule is Fc1cccc(C(c2ccc[nH]2)c2ccc[nH]2)c1F. The van der Waals surface area contributed by atoms with E-state index in [1.165, 1.54) is 6.07 Å². The van der Waals surface area contributed by atoms with Crippen molar-refractivity contribution in [1.82, 2.24) is 9.97 Å². The zero-order valence-corrected chi connectivity index (χ0v) is 10.0.